The first-order valence-electron chi connectivity index (χ1n) is 12.8. The fraction of sp³-hybridized carbons (Fsp3) is 0.643. The first kappa shape index (κ1) is 25.5. The third-order valence-corrected chi connectivity index (χ3v) is 8.83. The number of aliphatic hydroxyl groups is 1. The van der Waals surface area contributed by atoms with Gasteiger partial charge < -0.3 is 14.6 Å². The van der Waals surface area contributed by atoms with E-state index in [0.717, 1.165) is 16.7 Å². The van der Waals surface area contributed by atoms with Gasteiger partial charge >= 0.3 is 11.9 Å². The second-order valence-electron chi connectivity index (χ2n) is 10.8. The number of hydrogen-bond donors (Lipinski definition) is 1. The van der Waals surface area contributed by atoms with Crippen molar-refractivity contribution in [1.82, 2.24) is 0 Å². The zero-order valence-electron chi connectivity index (χ0n) is 21.1. The van der Waals surface area contributed by atoms with Crippen LogP contribution in [0.5, 0.6) is 0 Å². The molecule has 7 nitrogen and oxygen atoms in total. The highest BCUT2D eigenvalue weighted by atomic mass is 16.6. The minimum Gasteiger partial charge on any atom is -0.457 e. The second-order valence-corrected chi connectivity index (χ2v) is 10.8. The third kappa shape index (κ3) is 3.92. The molecule has 0 amide bonds. The summed E-state index contributed by atoms with van der Waals surface area (Å²) in [6.45, 7) is 7.06. The zero-order valence-corrected chi connectivity index (χ0v) is 21.1. The summed E-state index contributed by atoms with van der Waals surface area (Å²) in [5, 5.41) is 11.5. The molecule has 4 rings (SSSR count). The summed E-state index contributed by atoms with van der Waals surface area (Å²) in [4.78, 5) is 50.2. The normalized spacial score (nSPS) is 35.6. The molecule has 1 N–H and O–H groups in total. The van der Waals surface area contributed by atoms with E-state index in [9.17, 15) is 24.3 Å². The van der Waals surface area contributed by atoms with Gasteiger partial charge in [0.1, 0.15) is 0 Å². The van der Waals surface area contributed by atoms with Gasteiger partial charge in [-0.25, -0.2) is 0 Å². The van der Waals surface area contributed by atoms with Crippen LogP contribution in [0, 0.1) is 16.7 Å². The quantitative estimate of drug-likeness (QED) is 0.431. The molecule has 4 aliphatic rings. The topological polar surface area (TPSA) is 107 Å². The van der Waals surface area contributed by atoms with Crippen LogP contribution in [0.1, 0.15) is 79.1 Å². The van der Waals surface area contributed by atoms with Crippen molar-refractivity contribution in [2.24, 2.45) is 16.7 Å². The maximum absolute atomic E-state index is 13.7. The molecule has 4 aliphatic carbocycles. The highest BCUT2D eigenvalue weighted by Crippen LogP contribution is 2.65. The van der Waals surface area contributed by atoms with Crippen molar-refractivity contribution in [2.75, 3.05) is 6.61 Å². The molecular formula is C28H36O7. The molecule has 0 radical (unpaired) electrons. The molecule has 5 atom stereocenters. The molecule has 0 unspecified atom stereocenters. The highest BCUT2D eigenvalue weighted by molar-refractivity contribution is 6.01. The van der Waals surface area contributed by atoms with E-state index >= 15 is 0 Å². The Morgan fingerprint density at radius 3 is 2.57 bits per heavy atom. The Labute approximate surface area is 206 Å². The average molecular weight is 485 g/mol. The molecule has 0 aliphatic heterocycles. The number of ether oxygens (including phenoxy) is 2. The average Bonchev–Trinajstić information content (AvgIpc) is 3.10. The number of aliphatic hydroxyl groups excluding tert-OH is 1. The van der Waals surface area contributed by atoms with E-state index in [2.05, 4.69) is 0 Å². The van der Waals surface area contributed by atoms with Crippen molar-refractivity contribution in [2.45, 2.75) is 90.8 Å². The van der Waals surface area contributed by atoms with Gasteiger partial charge in [0.05, 0.1) is 6.10 Å². The SMILES string of the molecule is CCCC(=O)OCC(=O)[C@@]1(OC(=O)CC)CC[C@H]2C3=C([C@@H](O)C[C@@]21C)[C@@]1(C)C=CC(=O)C=C1CC3. The van der Waals surface area contributed by atoms with Gasteiger partial charge in [-0.2, -0.15) is 0 Å². The van der Waals surface area contributed by atoms with Gasteiger partial charge in [-0.3, -0.25) is 19.2 Å². The van der Waals surface area contributed by atoms with Gasteiger partial charge in [0.15, 0.2) is 18.0 Å². The van der Waals surface area contributed by atoms with E-state index in [4.69, 9.17) is 9.47 Å². The number of esters is 2. The van der Waals surface area contributed by atoms with Crippen molar-refractivity contribution in [3.8, 4) is 0 Å². The lowest BCUT2D eigenvalue weighted by atomic mass is 9.52. The van der Waals surface area contributed by atoms with Crippen molar-refractivity contribution in [3.05, 3.63) is 34.9 Å². The Morgan fingerprint density at radius 1 is 1.14 bits per heavy atom. The number of Topliss-reactive ketones (excluding diaryl/α,β-unsaturated/α-hetero) is 1. The number of fused-ring (bicyclic) bond motifs is 4. The smallest absolute Gasteiger partial charge is 0.306 e. The van der Waals surface area contributed by atoms with Crippen molar-refractivity contribution >= 4 is 23.5 Å². The van der Waals surface area contributed by atoms with Crippen LogP contribution in [-0.2, 0) is 28.7 Å². The number of carbonyl (C=O) groups is 4. The van der Waals surface area contributed by atoms with Crippen LogP contribution in [0.2, 0.25) is 0 Å². The maximum Gasteiger partial charge on any atom is 0.306 e. The third-order valence-electron chi connectivity index (χ3n) is 8.83. The molecule has 0 aromatic carbocycles. The lowest BCUT2D eigenvalue weighted by Crippen LogP contribution is -2.59. The second kappa shape index (κ2) is 9.16. The van der Waals surface area contributed by atoms with Crippen LogP contribution >= 0.6 is 0 Å². The lowest BCUT2D eigenvalue weighted by Gasteiger charge is -2.53. The summed E-state index contributed by atoms with van der Waals surface area (Å²) in [7, 11) is 0. The van der Waals surface area contributed by atoms with E-state index in [1.54, 1.807) is 19.1 Å². The fourth-order valence-electron chi connectivity index (χ4n) is 7.07. The number of carbonyl (C=O) groups excluding carboxylic acids is 4. The van der Waals surface area contributed by atoms with E-state index in [1.807, 2.05) is 26.8 Å². The number of hydrogen-bond acceptors (Lipinski definition) is 7. The molecule has 190 valence electrons. The Morgan fingerprint density at radius 2 is 1.89 bits per heavy atom. The van der Waals surface area contributed by atoms with Crippen LogP contribution in [0.15, 0.2) is 34.9 Å². The number of ketones is 2. The van der Waals surface area contributed by atoms with E-state index in [-0.39, 0.29) is 31.0 Å². The van der Waals surface area contributed by atoms with Crippen molar-refractivity contribution in [1.29, 1.82) is 0 Å². The van der Waals surface area contributed by atoms with Gasteiger partial charge in [0.25, 0.3) is 0 Å². The molecule has 0 bridgehead atoms. The van der Waals surface area contributed by atoms with Gasteiger partial charge in [-0.1, -0.05) is 38.0 Å². The lowest BCUT2D eigenvalue weighted by molar-refractivity contribution is -0.187. The molecule has 0 aromatic heterocycles. The summed E-state index contributed by atoms with van der Waals surface area (Å²) >= 11 is 0. The molecule has 1 fully saturated rings. The minimum atomic E-state index is -1.47. The summed E-state index contributed by atoms with van der Waals surface area (Å²) in [5.74, 6) is -1.46. The van der Waals surface area contributed by atoms with Gasteiger partial charge in [0.2, 0.25) is 5.78 Å². The first-order valence-corrected chi connectivity index (χ1v) is 12.8. The van der Waals surface area contributed by atoms with Crippen LogP contribution in [-0.4, -0.2) is 46.9 Å². The van der Waals surface area contributed by atoms with Gasteiger partial charge in [0, 0.05) is 23.7 Å². The predicted octanol–water partition coefficient (Wildman–Crippen LogP) is 3.93. The van der Waals surface area contributed by atoms with E-state index in [1.165, 1.54) is 0 Å². The summed E-state index contributed by atoms with van der Waals surface area (Å²) in [6, 6.07) is 0. The highest BCUT2D eigenvalue weighted by Gasteiger charge is 2.67. The molecule has 0 saturated heterocycles. The number of allylic oxidation sites excluding steroid dienone is 5. The van der Waals surface area contributed by atoms with E-state index in [0.29, 0.717) is 32.1 Å². The Bertz CT molecular complexity index is 1050. The van der Waals surface area contributed by atoms with Crippen LogP contribution in [0.25, 0.3) is 0 Å². The molecule has 0 heterocycles. The largest absolute Gasteiger partial charge is 0.457 e. The molecule has 0 spiro atoms. The summed E-state index contributed by atoms with van der Waals surface area (Å²) in [5.41, 5.74) is 0.193. The Balaban J connectivity index is 1.74. The molecular weight excluding hydrogens is 448 g/mol. The van der Waals surface area contributed by atoms with Crippen molar-refractivity contribution in [3.63, 3.8) is 0 Å². The first-order chi connectivity index (χ1) is 16.5. The maximum atomic E-state index is 13.7. The van der Waals surface area contributed by atoms with Crippen LogP contribution < -0.4 is 0 Å². The molecule has 35 heavy (non-hydrogen) atoms. The van der Waals surface area contributed by atoms with Crippen molar-refractivity contribution < 1.29 is 33.8 Å². The standard InChI is InChI=1S/C28H36O7/c1-5-7-24(33)34-16-22(31)28(35-23(32)6-2)13-11-20-19-9-8-17-14-18(29)10-12-26(17,3)25(19)21(30)15-27(20,28)4/h10,12,14,20-21,30H,5-9,11,13,15-16H2,1-4H3/t20-,21-,26-,27-,28-/m0/s1. The fourth-order valence-corrected chi connectivity index (χ4v) is 7.07. The van der Waals surface area contributed by atoms with Gasteiger partial charge in [-0.15, -0.1) is 0 Å². The van der Waals surface area contributed by atoms with Gasteiger partial charge in [-0.05, 0) is 69.1 Å². The van der Waals surface area contributed by atoms with E-state index < -0.39 is 46.9 Å². The van der Waals surface area contributed by atoms with Crippen LogP contribution in [0.4, 0.5) is 0 Å². The summed E-state index contributed by atoms with van der Waals surface area (Å²) < 4.78 is 11.2. The molecule has 0 aromatic rings. The number of rotatable bonds is 7. The monoisotopic (exact) mass is 484 g/mol. The Hall–Kier alpha value is -2.54. The molecule has 7 heteroatoms. The zero-order chi connectivity index (χ0) is 25.6. The predicted molar refractivity (Wildman–Crippen MR) is 128 cm³/mol. The summed E-state index contributed by atoms with van der Waals surface area (Å²) in [6.07, 6.45) is 7.81. The Kier molecular flexibility index (Phi) is 6.68. The molecule has 1 saturated carbocycles. The van der Waals surface area contributed by atoms with Crippen LogP contribution in [0.3, 0.4) is 0 Å². The minimum absolute atomic E-state index is 0.0359.